The molecule has 1 saturated heterocycles. The van der Waals surface area contributed by atoms with Crippen molar-refractivity contribution in [3.05, 3.63) is 77.1 Å². The van der Waals surface area contributed by atoms with Crippen molar-refractivity contribution in [1.82, 2.24) is 0 Å². The third-order valence-electron chi connectivity index (χ3n) is 4.43. The van der Waals surface area contributed by atoms with Gasteiger partial charge in [0.15, 0.2) is 5.78 Å². The Morgan fingerprint density at radius 1 is 1.00 bits per heavy atom. The van der Waals surface area contributed by atoms with Crippen LogP contribution in [0, 0.1) is 5.82 Å². The quantitative estimate of drug-likeness (QED) is 0.794. The number of ketones is 1. The highest BCUT2D eigenvalue weighted by molar-refractivity contribution is 6.12. The zero-order valence-corrected chi connectivity index (χ0v) is 12.0. The van der Waals surface area contributed by atoms with Gasteiger partial charge in [-0.1, -0.05) is 36.4 Å². The summed E-state index contributed by atoms with van der Waals surface area (Å²) in [5.74, 6) is -0.234. The van der Waals surface area contributed by atoms with Crippen molar-refractivity contribution in [1.29, 1.82) is 0 Å². The zero-order valence-electron chi connectivity index (χ0n) is 12.0. The molecule has 2 aromatic carbocycles. The Bertz CT molecular complexity index is 768. The Kier molecular flexibility index (Phi) is 2.98. The number of halogens is 1. The summed E-state index contributed by atoms with van der Waals surface area (Å²) in [7, 11) is 0. The molecule has 0 aromatic heterocycles. The van der Waals surface area contributed by atoms with Crippen LogP contribution < -0.4 is 0 Å². The van der Waals surface area contributed by atoms with E-state index in [1.165, 1.54) is 12.1 Å². The Morgan fingerprint density at radius 2 is 1.73 bits per heavy atom. The molecule has 1 spiro atoms. The lowest BCUT2D eigenvalue weighted by molar-refractivity contribution is 0.0351. The van der Waals surface area contributed by atoms with Crippen LogP contribution in [0.3, 0.4) is 0 Å². The molecule has 1 aliphatic heterocycles. The van der Waals surface area contributed by atoms with Crippen LogP contribution in [0.5, 0.6) is 0 Å². The normalized spacial score (nSPS) is 23.5. The second-order valence-corrected chi connectivity index (χ2v) is 5.78. The Balaban J connectivity index is 1.94. The summed E-state index contributed by atoms with van der Waals surface area (Å²) in [4.78, 5) is 12.8. The second kappa shape index (κ2) is 4.89. The third kappa shape index (κ3) is 1.93. The number of hydrogen-bond donors (Lipinski definition) is 0. The van der Waals surface area contributed by atoms with Crippen LogP contribution in [0.4, 0.5) is 4.39 Å². The van der Waals surface area contributed by atoms with Gasteiger partial charge in [0.05, 0.1) is 0 Å². The minimum absolute atomic E-state index is 0.0338. The molecule has 1 atom stereocenters. The van der Waals surface area contributed by atoms with E-state index in [2.05, 4.69) is 0 Å². The fraction of sp³-hybridized carbons (Fsp3) is 0.211. The molecular formula is C19H15FO2. The van der Waals surface area contributed by atoms with Gasteiger partial charge in [-0.05, 0) is 47.8 Å². The highest BCUT2D eigenvalue weighted by Crippen LogP contribution is 2.41. The number of fused-ring (bicyclic) bond motifs is 1. The first kappa shape index (κ1) is 13.4. The van der Waals surface area contributed by atoms with E-state index < -0.39 is 5.60 Å². The molecule has 0 bridgehead atoms. The minimum atomic E-state index is -0.849. The lowest BCUT2D eigenvalue weighted by Gasteiger charge is -2.30. The lowest BCUT2D eigenvalue weighted by Crippen LogP contribution is -2.39. The van der Waals surface area contributed by atoms with Crippen molar-refractivity contribution in [2.75, 3.05) is 6.61 Å². The highest BCUT2D eigenvalue weighted by Gasteiger charge is 2.45. The first-order valence-electron chi connectivity index (χ1n) is 7.47. The standard InChI is InChI=1S/C19H15FO2/c20-14-8-6-13(7-9-14)17-12-19(10-3-11-22-19)18(21)16-5-2-1-4-15(16)17/h1-2,4-9,12H,3,10-11H2/t19-/m1/s1. The molecule has 0 unspecified atom stereocenters. The molecule has 0 amide bonds. The molecule has 2 aromatic rings. The molecular weight excluding hydrogens is 279 g/mol. The summed E-state index contributed by atoms with van der Waals surface area (Å²) in [6.45, 7) is 0.598. The van der Waals surface area contributed by atoms with E-state index in [1.54, 1.807) is 12.1 Å². The summed E-state index contributed by atoms with van der Waals surface area (Å²) in [5.41, 5.74) is 2.57. The number of rotatable bonds is 1. The molecule has 1 aliphatic carbocycles. The molecule has 4 rings (SSSR count). The van der Waals surface area contributed by atoms with E-state index in [4.69, 9.17) is 4.74 Å². The van der Waals surface area contributed by atoms with E-state index >= 15 is 0 Å². The topological polar surface area (TPSA) is 26.3 Å². The van der Waals surface area contributed by atoms with Crippen molar-refractivity contribution < 1.29 is 13.9 Å². The van der Waals surface area contributed by atoms with Crippen LogP contribution in [0.25, 0.3) is 5.57 Å². The Hall–Kier alpha value is -2.26. The number of carbonyl (C=O) groups excluding carboxylic acids is 1. The first-order chi connectivity index (χ1) is 10.7. The first-order valence-corrected chi connectivity index (χ1v) is 7.47. The summed E-state index contributed by atoms with van der Waals surface area (Å²) in [5, 5.41) is 0. The van der Waals surface area contributed by atoms with E-state index in [-0.39, 0.29) is 11.6 Å². The predicted molar refractivity (Wildman–Crippen MR) is 82.2 cm³/mol. The molecule has 22 heavy (non-hydrogen) atoms. The number of carbonyl (C=O) groups is 1. The van der Waals surface area contributed by atoms with Crippen LogP contribution in [0.15, 0.2) is 54.6 Å². The maximum atomic E-state index is 13.2. The number of ether oxygens (including phenoxy) is 1. The summed E-state index contributed by atoms with van der Waals surface area (Å²) in [6, 6.07) is 13.9. The molecule has 3 heteroatoms. The third-order valence-corrected chi connectivity index (χ3v) is 4.43. The van der Waals surface area contributed by atoms with Crippen LogP contribution in [-0.2, 0) is 4.74 Å². The molecule has 1 fully saturated rings. The fourth-order valence-corrected chi connectivity index (χ4v) is 3.34. The van der Waals surface area contributed by atoms with E-state index in [0.29, 0.717) is 18.6 Å². The lowest BCUT2D eigenvalue weighted by atomic mass is 9.77. The average Bonchev–Trinajstić information content (AvgIpc) is 3.02. The predicted octanol–water partition coefficient (Wildman–Crippen LogP) is 4.00. The van der Waals surface area contributed by atoms with Gasteiger partial charge in [0, 0.05) is 12.2 Å². The molecule has 1 heterocycles. The van der Waals surface area contributed by atoms with E-state index in [9.17, 15) is 9.18 Å². The van der Waals surface area contributed by atoms with Crippen molar-refractivity contribution in [3.63, 3.8) is 0 Å². The second-order valence-electron chi connectivity index (χ2n) is 5.78. The van der Waals surface area contributed by atoms with Crippen LogP contribution in [0.1, 0.15) is 34.3 Å². The van der Waals surface area contributed by atoms with E-state index in [1.807, 2.05) is 30.3 Å². The zero-order chi connectivity index (χ0) is 15.2. The van der Waals surface area contributed by atoms with Gasteiger partial charge < -0.3 is 4.74 Å². The summed E-state index contributed by atoms with van der Waals surface area (Å²) >= 11 is 0. The van der Waals surface area contributed by atoms with Gasteiger partial charge in [0.1, 0.15) is 11.4 Å². The fourth-order valence-electron chi connectivity index (χ4n) is 3.34. The van der Waals surface area contributed by atoms with Crippen molar-refractivity contribution >= 4 is 11.4 Å². The Labute approximate surface area is 128 Å². The van der Waals surface area contributed by atoms with Crippen molar-refractivity contribution in [2.45, 2.75) is 18.4 Å². The smallest absolute Gasteiger partial charge is 0.199 e. The largest absolute Gasteiger partial charge is 0.363 e. The van der Waals surface area contributed by atoms with Gasteiger partial charge in [0.2, 0.25) is 0 Å². The van der Waals surface area contributed by atoms with Gasteiger partial charge in [-0.15, -0.1) is 0 Å². The van der Waals surface area contributed by atoms with Gasteiger partial charge >= 0.3 is 0 Å². The molecule has 2 aliphatic rings. The van der Waals surface area contributed by atoms with Crippen LogP contribution in [-0.4, -0.2) is 18.0 Å². The number of benzene rings is 2. The maximum Gasteiger partial charge on any atom is 0.199 e. The molecule has 0 N–H and O–H groups in total. The number of Topliss-reactive ketones (excluding diaryl/α,β-unsaturated/α-hetero) is 1. The van der Waals surface area contributed by atoms with Gasteiger partial charge in [-0.3, -0.25) is 4.79 Å². The minimum Gasteiger partial charge on any atom is -0.363 e. The van der Waals surface area contributed by atoms with Gasteiger partial charge in [-0.25, -0.2) is 4.39 Å². The van der Waals surface area contributed by atoms with Gasteiger partial charge in [-0.2, -0.15) is 0 Å². The van der Waals surface area contributed by atoms with Crippen molar-refractivity contribution in [3.8, 4) is 0 Å². The Morgan fingerprint density at radius 3 is 2.41 bits per heavy atom. The molecule has 0 saturated carbocycles. The van der Waals surface area contributed by atoms with Gasteiger partial charge in [0.25, 0.3) is 0 Å². The SMILES string of the molecule is O=C1c2ccccc2C(c2ccc(F)cc2)=C[C@]12CCCO2. The molecule has 0 radical (unpaired) electrons. The van der Waals surface area contributed by atoms with Crippen molar-refractivity contribution in [2.24, 2.45) is 0 Å². The highest BCUT2D eigenvalue weighted by atomic mass is 19.1. The monoisotopic (exact) mass is 294 g/mol. The molecule has 2 nitrogen and oxygen atoms in total. The van der Waals surface area contributed by atoms with E-state index in [0.717, 1.165) is 23.1 Å². The molecule has 110 valence electrons. The maximum absolute atomic E-state index is 13.2. The van der Waals surface area contributed by atoms with Crippen LogP contribution in [0.2, 0.25) is 0 Å². The average molecular weight is 294 g/mol. The summed E-state index contributed by atoms with van der Waals surface area (Å²) < 4.78 is 19.0. The summed E-state index contributed by atoms with van der Waals surface area (Å²) in [6.07, 6.45) is 3.50. The van der Waals surface area contributed by atoms with Crippen LogP contribution >= 0.6 is 0 Å². The number of hydrogen-bond acceptors (Lipinski definition) is 2.